The van der Waals surface area contributed by atoms with Crippen molar-refractivity contribution in [3.8, 4) is 0 Å². The third-order valence-corrected chi connectivity index (χ3v) is 4.81. The summed E-state index contributed by atoms with van der Waals surface area (Å²) in [4.78, 5) is 38.5. The Labute approximate surface area is 164 Å². The first-order chi connectivity index (χ1) is 13.6. The SMILES string of the molecule is COC(=O)[C@@H](Cc1ccccc1)NC(=O)c1cccc(CN2CCCC2=O)c1. The molecule has 0 unspecified atom stereocenters. The minimum Gasteiger partial charge on any atom is -0.467 e. The van der Waals surface area contributed by atoms with E-state index in [1.807, 2.05) is 36.4 Å². The fourth-order valence-electron chi connectivity index (χ4n) is 3.33. The highest BCUT2D eigenvalue weighted by molar-refractivity contribution is 5.97. The number of benzene rings is 2. The second-order valence-electron chi connectivity index (χ2n) is 6.86. The number of rotatable bonds is 7. The number of amides is 2. The fourth-order valence-corrected chi connectivity index (χ4v) is 3.33. The lowest BCUT2D eigenvalue weighted by atomic mass is 10.0. The van der Waals surface area contributed by atoms with Crippen molar-refractivity contribution in [3.63, 3.8) is 0 Å². The Bertz CT molecular complexity index is 851. The van der Waals surface area contributed by atoms with Crippen LogP contribution in [0.4, 0.5) is 0 Å². The summed E-state index contributed by atoms with van der Waals surface area (Å²) in [6.45, 7) is 1.24. The maximum atomic E-state index is 12.7. The van der Waals surface area contributed by atoms with Crippen LogP contribution in [0.25, 0.3) is 0 Å². The van der Waals surface area contributed by atoms with E-state index >= 15 is 0 Å². The van der Waals surface area contributed by atoms with E-state index in [9.17, 15) is 14.4 Å². The number of hydrogen-bond donors (Lipinski definition) is 1. The number of hydrogen-bond acceptors (Lipinski definition) is 4. The number of esters is 1. The van der Waals surface area contributed by atoms with Gasteiger partial charge >= 0.3 is 5.97 Å². The summed E-state index contributed by atoms with van der Waals surface area (Å²) >= 11 is 0. The van der Waals surface area contributed by atoms with Gasteiger partial charge < -0.3 is 15.0 Å². The van der Waals surface area contributed by atoms with E-state index in [2.05, 4.69) is 5.32 Å². The summed E-state index contributed by atoms with van der Waals surface area (Å²) < 4.78 is 4.85. The van der Waals surface area contributed by atoms with Crippen molar-refractivity contribution in [3.05, 3.63) is 71.3 Å². The molecule has 0 radical (unpaired) electrons. The van der Waals surface area contributed by atoms with Crippen molar-refractivity contribution in [1.29, 1.82) is 0 Å². The molecule has 1 fully saturated rings. The van der Waals surface area contributed by atoms with Crippen LogP contribution in [-0.2, 0) is 27.3 Å². The number of carbonyl (C=O) groups excluding carboxylic acids is 3. The van der Waals surface area contributed by atoms with E-state index in [0.717, 1.165) is 24.1 Å². The highest BCUT2D eigenvalue weighted by Gasteiger charge is 2.23. The van der Waals surface area contributed by atoms with E-state index in [1.54, 1.807) is 23.1 Å². The average molecular weight is 380 g/mol. The summed E-state index contributed by atoms with van der Waals surface area (Å²) in [5.74, 6) is -0.694. The minimum atomic E-state index is -0.774. The first-order valence-corrected chi connectivity index (χ1v) is 9.36. The van der Waals surface area contributed by atoms with Crippen LogP contribution in [0.15, 0.2) is 54.6 Å². The van der Waals surface area contributed by atoms with Gasteiger partial charge in [0.05, 0.1) is 7.11 Å². The molecule has 0 bridgehead atoms. The molecule has 3 rings (SSSR count). The molecule has 0 aromatic heterocycles. The maximum absolute atomic E-state index is 12.7. The van der Waals surface area contributed by atoms with Crippen molar-refractivity contribution < 1.29 is 19.1 Å². The molecule has 1 aliphatic rings. The van der Waals surface area contributed by atoms with E-state index in [1.165, 1.54) is 7.11 Å². The zero-order chi connectivity index (χ0) is 19.9. The summed E-state index contributed by atoms with van der Waals surface area (Å²) in [6.07, 6.45) is 1.81. The number of likely N-dealkylation sites (tertiary alicyclic amines) is 1. The monoisotopic (exact) mass is 380 g/mol. The Morgan fingerprint density at radius 1 is 1.11 bits per heavy atom. The van der Waals surface area contributed by atoms with Gasteiger partial charge in [-0.1, -0.05) is 42.5 Å². The molecule has 0 saturated carbocycles. The van der Waals surface area contributed by atoms with Gasteiger partial charge in [-0.2, -0.15) is 0 Å². The largest absolute Gasteiger partial charge is 0.467 e. The molecule has 0 spiro atoms. The van der Waals surface area contributed by atoms with Gasteiger partial charge in [-0.25, -0.2) is 4.79 Å². The molecular weight excluding hydrogens is 356 g/mol. The normalized spacial score (nSPS) is 14.6. The van der Waals surface area contributed by atoms with Crippen LogP contribution in [-0.4, -0.2) is 42.4 Å². The summed E-state index contributed by atoms with van der Waals surface area (Å²) in [5.41, 5.74) is 2.27. The van der Waals surface area contributed by atoms with E-state index in [4.69, 9.17) is 4.74 Å². The molecule has 146 valence electrons. The Balaban J connectivity index is 1.69. The predicted octanol–water partition coefficient (Wildman–Crippen LogP) is 2.32. The number of methoxy groups -OCH3 is 1. The quantitative estimate of drug-likeness (QED) is 0.748. The second kappa shape index (κ2) is 9.17. The highest BCUT2D eigenvalue weighted by Crippen LogP contribution is 2.15. The van der Waals surface area contributed by atoms with E-state index in [-0.39, 0.29) is 11.8 Å². The first-order valence-electron chi connectivity index (χ1n) is 9.36. The second-order valence-corrected chi connectivity index (χ2v) is 6.86. The topological polar surface area (TPSA) is 75.7 Å². The summed E-state index contributed by atoms with van der Waals surface area (Å²) in [6, 6.07) is 15.8. The molecular formula is C22H24N2O4. The number of nitrogens with zero attached hydrogens (tertiary/aromatic N) is 1. The number of carbonyl (C=O) groups is 3. The van der Waals surface area contributed by atoms with Crippen molar-refractivity contribution in [2.45, 2.75) is 31.8 Å². The Hall–Kier alpha value is -3.15. The lowest BCUT2D eigenvalue weighted by Gasteiger charge is -2.18. The lowest BCUT2D eigenvalue weighted by molar-refractivity contribution is -0.142. The van der Waals surface area contributed by atoms with Crippen LogP contribution in [0, 0.1) is 0 Å². The Kier molecular flexibility index (Phi) is 6.42. The van der Waals surface area contributed by atoms with Crippen LogP contribution < -0.4 is 5.32 Å². The molecule has 1 saturated heterocycles. The van der Waals surface area contributed by atoms with E-state index < -0.39 is 12.0 Å². The van der Waals surface area contributed by atoms with Crippen LogP contribution in [0.5, 0.6) is 0 Å². The smallest absolute Gasteiger partial charge is 0.328 e. The van der Waals surface area contributed by atoms with Gasteiger partial charge in [-0.3, -0.25) is 9.59 Å². The maximum Gasteiger partial charge on any atom is 0.328 e. The van der Waals surface area contributed by atoms with Gasteiger partial charge in [-0.05, 0) is 29.7 Å². The third-order valence-electron chi connectivity index (χ3n) is 4.81. The van der Waals surface area contributed by atoms with Gasteiger partial charge in [0.1, 0.15) is 6.04 Å². The average Bonchev–Trinajstić information content (AvgIpc) is 3.12. The molecule has 2 amide bonds. The van der Waals surface area contributed by atoms with Crippen LogP contribution in [0.3, 0.4) is 0 Å². The van der Waals surface area contributed by atoms with Crippen LogP contribution in [0.1, 0.15) is 34.3 Å². The van der Waals surface area contributed by atoms with Crippen molar-refractivity contribution in [1.82, 2.24) is 10.2 Å². The summed E-state index contributed by atoms with van der Waals surface area (Å²) in [7, 11) is 1.31. The molecule has 1 N–H and O–H groups in total. The Morgan fingerprint density at radius 2 is 1.86 bits per heavy atom. The molecule has 28 heavy (non-hydrogen) atoms. The zero-order valence-corrected chi connectivity index (χ0v) is 15.9. The van der Waals surface area contributed by atoms with Crippen molar-refractivity contribution in [2.75, 3.05) is 13.7 Å². The van der Waals surface area contributed by atoms with Crippen molar-refractivity contribution in [2.24, 2.45) is 0 Å². The number of ether oxygens (including phenoxy) is 1. The Morgan fingerprint density at radius 3 is 2.54 bits per heavy atom. The van der Waals surface area contributed by atoms with Gasteiger partial charge in [0.15, 0.2) is 0 Å². The molecule has 0 aliphatic carbocycles. The van der Waals surface area contributed by atoms with Gasteiger partial charge in [0.2, 0.25) is 5.91 Å². The zero-order valence-electron chi connectivity index (χ0n) is 15.9. The predicted molar refractivity (Wildman–Crippen MR) is 105 cm³/mol. The molecule has 6 nitrogen and oxygen atoms in total. The fraction of sp³-hybridized carbons (Fsp3) is 0.318. The molecule has 1 heterocycles. The standard InChI is InChI=1S/C22H24N2O4/c1-28-22(27)19(14-16-7-3-2-4-8-16)23-21(26)18-10-5-9-17(13-18)15-24-12-6-11-20(24)25/h2-5,7-10,13,19H,6,11-12,14-15H2,1H3,(H,23,26)/t19-/m1/s1. The van der Waals surface area contributed by atoms with Gasteiger partial charge in [0.25, 0.3) is 5.91 Å². The van der Waals surface area contributed by atoms with Gasteiger partial charge in [0, 0.05) is 31.5 Å². The molecule has 1 atom stereocenters. The third kappa shape index (κ3) is 4.97. The molecule has 2 aromatic rings. The van der Waals surface area contributed by atoms with Gasteiger partial charge in [-0.15, -0.1) is 0 Å². The minimum absolute atomic E-state index is 0.142. The summed E-state index contributed by atoms with van der Waals surface area (Å²) in [5, 5.41) is 2.77. The van der Waals surface area contributed by atoms with Crippen LogP contribution in [0.2, 0.25) is 0 Å². The molecule has 2 aromatic carbocycles. The molecule has 6 heteroatoms. The first kappa shape index (κ1) is 19.6. The molecule has 1 aliphatic heterocycles. The lowest BCUT2D eigenvalue weighted by Crippen LogP contribution is -2.43. The van der Waals surface area contributed by atoms with E-state index in [0.29, 0.717) is 24.9 Å². The highest BCUT2D eigenvalue weighted by atomic mass is 16.5. The van der Waals surface area contributed by atoms with Crippen LogP contribution >= 0.6 is 0 Å². The van der Waals surface area contributed by atoms with Crippen molar-refractivity contribution >= 4 is 17.8 Å². The number of nitrogens with one attached hydrogen (secondary N) is 1.